The Morgan fingerprint density at radius 3 is 2.58 bits per heavy atom. The summed E-state index contributed by atoms with van der Waals surface area (Å²) in [7, 11) is 0. The average Bonchev–Trinajstić information content (AvgIpc) is 2.90. The van der Waals surface area contributed by atoms with E-state index >= 15 is 0 Å². The number of fused-ring (bicyclic) bond motifs is 1. The first-order valence-electron chi connectivity index (χ1n) is 6.58. The van der Waals surface area contributed by atoms with Crippen LogP contribution in [0.2, 0.25) is 0 Å². The second-order valence-corrected chi connectivity index (χ2v) is 4.60. The zero-order chi connectivity index (χ0) is 13.2. The van der Waals surface area contributed by atoms with Crippen molar-refractivity contribution in [3.8, 4) is 11.3 Å². The van der Waals surface area contributed by atoms with Gasteiger partial charge in [0.15, 0.2) is 0 Å². The van der Waals surface area contributed by atoms with E-state index in [-0.39, 0.29) is 0 Å². The fourth-order valence-corrected chi connectivity index (χ4v) is 2.39. The third kappa shape index (κ3) is 2.02. The Balaban J connectivity index is 2.20. The molecule has 1 aromatic carbocycles. The fraction of sp³-hybridized carbons (Fsp3) is 0.188. The van der Waals surface area contributed by atoms with Crippen molar-refractivity contribution in [2.45, 2.75) is 19.9 Å². The summed E-state index contributed by atoms with van der Waals surface area (Å²) in [6.07, 6.45) is 2.93. The van der Waals surface area contributed by atoms with Crippen molar-refractivity contribution in [2.24, 2.45) is 5.73 Å². The lowest BCUT2D eigenvalue weighted by Gasteiger charge is -2.09. The maximum Gasteiger partial charge on any atom is 0.127 e. The molecule has 0 aliphatic carbocycles. The summed E-state index contributed by atoms with van der Waals surface area (Å²) in [5, 5.41) is 0. The van der Waals surface area contributed by atoms with Crippen LogP contribution in [0.25, 0.3) is 16.8 Å². The van der Waals surface area contributed by atoms with Crippen molar-refractivity contribution >= 4 is 5.52 Å². The highest BCUT2D eigenvalue weighted by atomic mass is 15.0. The number of hydrogen-bond acceptors (Lipinski definition) is 2. The molecular weight excluding hydrogens is 234 g/mol. The summed E-state index contributed by atoms with van der Waals surface area (Å²) in [6.45, 7) is 2.61. The number of aryl methyl sites for hydroxylation is 1. The molecule has 2 N–H and O–H groups in total. The summed E-state index contributed by atoms with van der Waals surface area (Å²) in [5.41, 5.74) is 10.5. The van der Waals surface area contributed by atoms with Crippen molar-refractivity contribution in [3.63, 3.8) is 0 Å². The number of benzene rings is 1. The lowest BCUT2D eigenvalue weighted by molar-refractivity contribution is 0.907. The van der Waals surface area contributed by atoms with Gasteiger partial charge in [-0.15, -0.1) is 0 Å². The fourth-order valence-electron chi connectivity index (χ4n) is 2.39. The zero-order valence-electron chi connectivity index (χ0n) is 11.0. The van der Waals surface area contributed by atoms with Crippen LogP contribution in [-0.2, 0) is 13.0 Å². The van der Waals surface area contributed by atoms with Gasteiger partial charge in [0.25, 0.3) is 0 Å². The van der Waals surface area contributed by atoms with Crippen LogP contribution in [-0.4, -0.2) is 9.38 Å². The maximum atomic E-state index is 5.77. The van der Waals surface area contributed by atoms with Gasteiger partial charge in [0, 0.05) is 0 Å². The summed E-state index contributed by atoms with van der Waals surface area (Å²) in [4.78, 5) is 4.37. The molecule has 0 aliphatic heterocycles. The Hall–Kier alpha value is -2.13. The molecule has 0 saturated carbocycles. The van der Waals surface area contributed by atoms with Crippen LogP contribution in [0.15, 0.2) is 48.7 Å². The summed E-state index contributed by atoms with van der Waals surface area (Å²) < 4.78 is 2.13. The Morgan fingerprint density at radius 1 is 1.11 bits per heavy atom. The van der Waals surface area contributed by atoms with Crippen LogP contribution in [0.1, 0.15) is 18.3 Å². The summed E-state index contributed by atoms with van der Waals surface area (Å²) in [6, 6.07) is 14.9. The first kappa shape index (κ1) is 11.9. The molecule has 0 unspecified atom stereocenters. The second kappa shape index (κ2) is 4.86. The molecule has 3 heteroatoms. The molecule has 2 aromatic heterocycles. The average molecular weight is 251 g/mol. The molecule has 3 rings (SSSR count). The number of imidazole rings is 1. The van der Waals surface area contributed by atoms with Crippen molar-refractivity contribution < 1.29 is 0 Å². The highest BCUT2D eigenvalue weighted by Gasteiger charge is 2.07. The number of aromatic nitrogens is 2. The molecule has 3 aromatic rings. The third-order valence-corrected chi connectivity index (χ3v) is 3.46. The number of hydrogen-bond donors (Lipinski definition) is 1. The molecule has 0 atom stereocenters. The van der Waals surface area contributed by atoms with Gasteiger partial charge in [-0.1, -0.05) is 37.3 Å². The van der Waals surface area contributed by atoms with Gasteiger partial charge in [0.05, 0.1) is 24.0 Å². The second-order valence-electron chi connectivity index (χ2n) is 4.60. The molecule has 0 spiro atoms. The maximum absolute atomic E-state index is 5.77. The minimum Gasteiger partial charge on any atom is -0.324 e. The molecular formula is C16H17N3. The third-order valence-electron chi connectivity index (χ3n) is 3.46. The van der Waals surface area contributed by atoms with Crippen molar-refractivity contribution in [3.05, 3.63) is 60.0 Å². The Labute approximate surface area is 112 Å². The van der Waals surface area contributed by atoms with E-state index in [2.05, 4.69) is 58.8 Å². The summed E-state index contributed by atoms with van der Waals surface area (Å²) >= 11 is 0. The van der Waals surface area contributed by atoms with E-state index in [9.17, 15) is 0 Å². The topological polar surface area (TPSA) is 43.3 Å². The highest BCUT2D eigenvalue weighted by molar-refractivity contribution is 5.65. The molecule has 0 saturated heterocycles. The predicted molar refractivity (Wildman–Crippen MR) is 77.9 cm³/mol. The molecule has 2 heterocycles. The van der Waals surface area contributed by atoms with E-state index < -0.39 is 0 Å². The predicted octanol–water partition coefficient (Wildman–Crippen LogP) is 3.02. The van der Waals surface area contributed by atoms with Crippen LogP contribution in [0, 0.1) is 0 Å². The molecule has 0 fully saturated rings. The van der Waals surface area contributed by atoms with Crippen LogP contribution < -0.4 is 5.73 Å². The first-order chi connectivity index (χ1) is 9.33. The van der Waals surface area contributed by atoms with E-state index in [1.807, 2.05) is 6.20 Å². The lowest BCUT2D eigenvalue weighted by Crippen LogP contribution is -2.04. The minimum atomic E-state index is 0.443. The van der Waals surface area contributed by atoms with Crippen molar-refractivity contribution in [1.29, 1.82) is 0 Å². The molecule has 0 radical (unpaired) electrons. The Morgan fingerprint density at radius 2 is 1.89 bits per heavy atom. The molecule has 0 amide bonds. The standard InChI is InChI=1S/C16H17N3/c1-2-12-6-8-13(9-7-12)15-5-3-4-14-11-18-16(10-17)19(14)15/h3-9,11H,2,10,17H2,1H3. The highest BCUT2D eigenvalue weighted by Crippen LogP contribution is 2.23. The van der Waals surface area contributed by atoms with Crippen LogP contribution in [0.5, 0.6) is 0 Å². The van der Waals surface area contributed by atoms with Gasteiger partial charge in [-0.3, -0.25) is 4.40 Å². The number of rotatable bonds is 3. The normalized spacial score (nSPS) is 11.1. The van der Waals surface area contributed by atoms with Gasteiger partial charge in [0.1, 0.15) is 5.82 Å². The summed E-state index contributed by atoms with van der Waals surface area (Å²) in [5.74, 6) is 0.894. The van der Waals surface area contributed by atoms with Crippen molar-refractivity contribution in [2.75, 3.05) is 0 Å². The lowest BCUT2D eigenvalue weighted by atomic mass is 10.1. The van der Waals surface area contributed by atoms with Crippen molar-refractivity contribution in [1.82, 2.24) is 9.38 Å². The SMILES string of the molecule is CCc1ccc(-c2cccc3cnc(CN)n23)cc1. The largest absolute Gasteiger partial charge is 0.324 e. The van der Waals surface area contributed by atoms with Gasteiger partial charge in [-0.2, -0.15) is 0 Å². The molecule has 0 aliphatic rings. The minimum absolute atomic E-state index is 0.443. The van der Waals surface area contributed by atoms with Crippen LogP contribution in [0.4, 0.5) is 0 Å². The van der Waals surface area contributed by atoms with Gasteiger partial charge in [0.2, 0.25) is 0 Å². The first-order valence-corrected chi connectivity index (χ1v) is 6.58. The Kier molecular flexibility index (Phi) is 3.05. The molecule has 0 bridgehead atoms. The van der Waals surface area contributed by atoms with Crippen LogP contribution >= 0.6 is 0 Å². The Bertz CT molecular complexity index is 696. The van der Waals surface area contributed by atoms with Gasteiger partial charge in [-0.25, -0.2) is 4.98 Å². The van der Waals surface area contributed by atoms with E-state index in [0.717, 1.165) is 23.5 Å². The van der Waals surface area contributed by atoms with E-state index in [4.69, 9.17) is 5.73 Å². The zero-order valence-corrected chi connectivity index (χ0v) is 11.0. The molecule has 3 nitrogen and oxygen atoms in total. The molecule has 19 heavy (non-hydrogen) atoms. The number of nitrogens with two attached hydrogens (primary N) is 1. The number of pyridine rings is 1. The molecule has 96 valence electrons. The van der Waals surface area contributed by atoms with Crippen LogP contribution in [0.3, 0.4) is 0 Å². The quantitative estimate of drug-likeness (QED) is 0.777. The van der Waals surface area contributed by atoms with E-state index in [0.29, 0.717) is 6.54 Å². The number of nitrogens with zero attached hydrogens (tertiary/aromatic N) is 2. The van der Waals surface area contributed by atoms with Gasteiger partial charge < -0.3 is 5.73 Å². The smallest absolute Gasteiger partial charge is 0.127 e. The van der Waals surface area contributed by atoms with Gasteiger partial charge >= 0.3 is 0 Å². The van der Waals surface area contributed by atoms with E-state index in [1.54, 1.807) is 0 Å². The van der Waals surface area contributed by atoms with Gasteiger partial charge in [-0.05, 0) is 29.7 Å². The van der Waals surface area contributed by atoms with E-state index in [1.165, 1.54) is 11.1 Å². The monoisotopic (exact) mass is 251 g/mol.